The lowest BCUT2D eigenvalue weighted by atomic mass is 10.0. The molecule has 1 saturated heterocycles. The van der Waals surface area contributed by atoms with E-state index in [1.807, 2.05) is 0 Å². The summed E-state index contributed by atoms with van der Waals surface area (Å²) in [6, 6.07) is 10.1. The van der Waals surface area contributed by atoms with Crippen molar-refractivity contribution in [3.8, 4) is 5.75 Å². The number of carbonyl (C=O) groups excluding carboxylic acids is 3. The number of amides is 2. The Morgan fingerprint density at radius 3 is 2.47 bits per heavy atom. The van der Waals surface area contributed by atoms with Crippen molar-refractivity contribution in [1.29, 1.82) is 0 Å². The average Bonchev–Trinajstić information content (AvgIpc) is 3.18. The Morgan fingerprint density at radius 1 is 1.15 bits per heavy atom. The van der Waals surface area contributed by atoms with E-state index < -0.39 is 23.8 Å². The minimum atomic E-state index is -0.541. The number of thiophene rings is 1. The summed E-state index contributed by atoms with van der Waals surface area (Å²) in [5.74, 6) is -1.46. The second-order valence-corrected chi connectivity index (χ2v) is 9.32. The third-order valence-electron chi connectivity index (χ3n) is 6.06. The summed E-state index contributed by atoms with van der Waals surface area (Å²) in [7, 11) is 0. The summed E-state index contributed by atoms with van der Waals surface area (Å²) < 4.78 is 1.77. The van der Waals surface area contributed by atoms with Crippen LogP contribution in [0, 0.1) is 6.92 Å². The normalized spacial score (nSPS) is 14.4. The largest absolute Gasteiger partial charge is 0.505 e. The summed E-state index contributed by atoms with van der Waals surface area (Å²) in [4.78, 5) is 51.8. The lowest BCUT2D eigenvalue weighted by Crippen LogP contribution is -2.47. The molecule has 0 saturated carbocycles. The number of ketones is 1. The SMILES string of the molecule is Cc1cc2sc(C(=O)NC3CCN(C(=O)CO)CC3)c(O)c2c(=O)n1CC(=O)c1ccccc1. The van der Waals surface area contributed by atoms with Gasteiger partial charge in [0.1, 0.15) is 16.9 Å². The van der Waals surface area contributed by atoms with Crippen molar-refractivity contribution in [2.24, 2.45) is 0 Å². The molecule has 10 heteroatoms. The standard InChI is InChI=1S/C24H25N3O6S/c1-14-11-18-20(24(33)27(14)12-17(29)15-5-3-2-4-6-15)21(31)22(34-18)23(32)25-16-7-9-26(10-8-16)19(30)13-28/h2-6,11,16,28,31H,7-10,12-13H2,1H3,(H,25,32). The first-order chi connectivity index (χ1) is 16.3. The number of rotatable bonds is 6. The Hall–Kier alpha value is -3.50. The number of hydrogen-bond acceptors (Lipinski definition) is 7. The first kappa shape index (κ1) is 23.7. The fourth-order valence-corrected chi connectivity index (χ4v) is 5.23. The van der Waals surface area contributed by atoms with Crippen molar-refractivity contribution < 1.29 is 24.6 Å². The first-order valence-corrected chi connectivity index (χ1v) is 11.8. The number of aromatic nitrogens is 1. The number of benzene rings is 1. The molecule has 2 amide bonds. The Kier molecular flexibility index (Phi) is 6.80. The zero-order chi connectivity index (χ0) is 24.4. The number of aromatic hydroxyl groups is 1. The van der Waals surface area contributed by atoms with Crippen LogP contribution >= 0.6 is 11.3 Å². The zero-order valence-electron chi connectivity index (χ0n) is 18.6. The maximum Gasteiger partial charge on any atom is 0.265 e. The van der Waals surface area contributed by atoms with Crippen LogP contribution in [0.3, 0.4) is 0 Å². The van der Waals surface area contributed by atoms with Gasteiger partial charge in [-0.1, -0.05) is 30.3 Å². The zero-order valence-corrected chi connectivity index (χ0v) is 19.4. The van der Waals surface area contributed by atoms with Crippen LogP contribution in [0.2, 0.25) is 0 Å². The molecule has 0 atom stereocenters. The lowest BCUT2D eigenvalue weighted by Gasteiger charge is -2.31. The minimum absolute atomic E-state index is 0.0185. The molecule has 178 valence electrons. The molecule has 34 heavy (non-hydrogen) atoms. The number of piperidine rings is 1. The van der Waals surface area contributed by atoms with Crippen molar-refractivity contribution >= 4 is 39.0 Å². The van der Waals surface area contributed by atoms with Gasteiger partial charge in [0.25, 0.3) is 11.5 Å². The van der Waals surface area contributed by atoms with Crippen LogP contribution in [0.4, 0.5) is 0 Å². The molecule has 1 aromatic carbocycles. The third kappa shape index (κ3) is 4.59. The molecule has 9 nitrogen and oxygen atoms in total. The molecule has 0 bridgehead atoms. The fourth-order valence-electron chi connectivity index (χ4n) is 4.14. The molecule has 0 unspecified atom stereocenters. The predicted molar refractivity (Wildman–Crippen MR) is 127 cm³/mol. The number of pyridine rings is 1. The van der Waals surface area contributed by atoms with E-state index in [2.05, 4.69) is 5.32 Å². The molecular weight excluding hydrogens is 458 g/mol. The maximum absolute atomic E-state index is 13.2. The highest BCUT2D eigenvalue weighted by Gasteiger charge is 2.27. The van der Waals surface area contributed by atoms with Gasteiger partial charge in [-0.25, -0.2) is 0 Å². The van der Waals surface area contributed by atoms with E-state index in [1.165, 1.54) is 4.57 Å². The molecule has 3 aromatic rings. The quantitative estimate of drug-likeness (QED) is 0.458. The van der Waals surface area contributed by atoms with Crippen molar-refractivity contribution in [1.82, 2.24) is 14.8 Å². The molecule has 3 N–H and O–H groups in total. The van der Waals surface area contributed by atoms with Gasteiger partial charge in [-0.2, -0.15) is 0 Å². The molecule has 4 rings (SSSR count). The number of nitrogens with one attached hydrogen (secondary N) is 1. The van der Waals surface area contributed by atoms with Crippen molar-refractivity contribution in [3.63, 3.8) is 0 Å². The number of likely N-dealkylation sites (tertiary alicyclic amines) is 1. The van der Waals surface area contributed by atoms with Gasteiger partial charge in [0, 0.05) is 35.1 Å². The van der Waals surface area contributed by atoms with Crippen LogP contribution in [0.15, 0.2) is 41.2 Å². The van der Waals surface area contributed by atoms with Gasteiger partial charge in [0.2, 0.25) is 5.91 Å². The number of aliphatic hydroxyl groups excluding tert-OH is 1. The minimum Gasteiger partial charge on any atom is -0.505 e. The van der Waals surface area contributed by atoms with Gasteiger partial charge in [-0.15, -0.1) is 11.3 Å². The number of aliphatic hydroxyl groups is 1. The van der Waals surface area contributed by atoms with Crippen LogP contribution < -0.4 is 10.9 Å². The molecule has 3 heterocycles. The molecule has 1 aliphatic rings. The molecule has 0 radical (unpaired) electrons. The monoisotopic (exact) mass is 483 g/mol. The number of hydrogen-bond donors (Lipinski definition) is 3. The molecule has 0 spiro atoms. The predicted octanol–water partition coefficient (Wildman–Crippen LogP) is 1.67. The average molecular weight is 484 g/mol. The number of fused-ring (bicyclic) bond motifs is 1. The highest BCUT2D eigenvalue weighted by Crippen LogP contribution is 2.35. The van der Waals surface area contributed by atoms with E-state index in [0.717, 1.165) is 11.3 Å². The lowest BCUT2D eigenvalue weighted by molar-refractivity contribution is -0.135. The molecule has 2 aromatic heterocycles. The van der Waals surface area contributed by atoms with Crippen molar-refractivity contribution in [2.45, 2.75) is 32.4 Å². The van der Waals surface area contributed by atoms with Crippen LogP contribution in [0.25, 0.3) is 10.1 Å². The summed E-state index contributed by atoms with van der Waals surface area (Å²) in [5.41, 5.74) is 0.508. The van der Waals surface area contributed by atoms with Gasteiger partial charge >= 0.3 is 0 Å². The number of carbonyl (C=O) groups is 3. The Labute approximate surface area is 199 Å². The Morgan fingerprint density at radius 2 is 1.82 bits per heavy atom. The topological polar surface area (TPSA) is 129 Å². The molecular formula is C24H25N3O6S. The van der Waals surface area contributed by atoms with Gasteiger partial charge in [-0.3, -0.25) is 19.2 Å². The maximum atomic E-state index is 13.2. The smallest absolute Gasteiger partial charge is 0.265 e. The van der Waals surface area contributed by atoms with Crippen LogP contribution in [0.1, 0.15) is 38.6 Å². The number of nitrogens with zero attached hydrogens (tertiary/aromatic N) is 2. The van der Waals surface area contributed by atoms with E-state index in [1.54, 1.807) is 48.2 Å². The second-order valence-electron chi connectivity index (χ2n) is 8.27. The van der Waals surface area contributed by atoms with Gasteiger partial charge in [0.15, 0.2) is 11.5 Å². The van der Waals surface area contributed by atoms with E-state index in [-0.39, 0.29) is 34.5 Å². The highest BCUT2D eigenvalue weighted by molar-refractivity contribution is 7.21. The first-order valence-electron chi connectivity index (χ1n) is 10.9. The van der Waals surface area contributed by atoms with Crippen molar-refractivity contribution in [3.05, 3.63) is 62.9 Å². The third-order valence-corrected chi connectivity index (χ3v) is 7.18. The van der Waals surface area contributed by atoms with E-state index in [9.17, 15) is 24.3 Å². The Bertz CT molecular complexity index is 1310. The fraction of sp³-hybridized carbons (Fsp3) is 0.333. The summed E-state index contributed by atoms with van der Waals surface area (Å²) in [5, 5.41) is 22.6. The van der Waals surface area contributed by atoms with Crippen LogP contribution in [-0.4, -0.2) is 63.0 Å². The highest BCUT2D eigenvalue weighted by atomic mass is 32.1. The van der Waals surface area contributed by atoms with E-state index >= 15 is 0 Å². The van der Waals surface area contributed by atoms with E-state index in [0.29, 0.717) is 41.9 Å². The van der Waals surface area contributed by atoms with Gasteiger partial charge in [0.05, 0.1) is 6.54 Å². The van der Waals surface area contributed by atoms with Crippen molar-refractivity contribution in [2.75, 3.05) is 19.7 Å². The van der Waals surface area contributed by atoms with Gasteiger partial charge < -0.3 is 25.0 Å². The number of aryl methyl sites for hydroxylation is 1. The summed E-state index contributed by atoms with van der Waals surface area (Å²) >= 11 is 1.02. The van der Waals surface area contributed by atoms with Crippen LogP contribution in [-0.2, 0) is 11.3 Å². The summed E-state index contributed by atoms with van der Waals surface area (Å²) in [6.45, 7) is 1.83. The molecule has 1 fully saturated rings. The van der Waals surface area contributed by atoms with E-state index in [4.69, 9.17) is 5.11 Å². The van der Waals surface area contributed by atoms with Crippen LogP contribution in [0.5, 0.6) is 5.75 Å². The molecule has 0 aliphatic carbocycles. The number of Topliss-reactive ketones (excluding diaryl/α,β-unsaturated/α-hetero) is 1. The Balaban J connectivity index is 1.55. The molecule has 1 aliphatic heterocycles. The second kappa shape index (κ2) is 9.78. The summed E-state index contributed by atoms with van der Waals surface area (Å²) in [6.07, 6.45) is 1.05. The van der Waals surface area contributed by atoms with Gasteiger partial charge in [-0.05, 0) is 25.8 Å².